The van der Waals surface area contributed by atoms with Gasteiger partial charge in [0.2, 0.25) is 0 Å². The maximum atomic E-state index is 6.01. The quantitative estimate of drug-likeness (QED) is 0.544. The van der Waals surface area contributed by atoms with E-state index in [-0.39, 0.29) is 6.10 Å². The Hall–Kier alpha value is -2.68. The first-order valence-corrected chi connectivity index (χ1v) is 9.72. The maximum Gasteiger partial charge on any atom is 0.121 e. The number of aromatic nitrogens is 5. The first kappa shape index (κ1) is 16.5. The molecule has 1 aliphatic rings. The molecule has 136 valence electrons. The molecular weight excluding hydrogens is 360 g/mol. The van der Waals surface area contributed by atoms with Crippen LogP contribution in [0.1, 0.15) is 16.8 Å². The van der Waals surface area contributed by atoms with Crippen LogP contribution >= 0.6 is 11.3 Å². The summed E-state index contributed by atoms with van der Waals surface area (Å²) >= 11 is 1.69. The van der Waals surface area contributed by atoms with Crippen molar-refractivity contribution in [1.82, 2.24) is 29.7 Å². The van der Waals surface area contributed by atoms with Gasteiger partial charge in [-0.25, -0.2) is 9.50 Å². The first-order valence-electron chi connectivity index (χ1n) is 8.84. The van der Waals surface area contributed by atoms with Crippen LogP contribution < -0.4 is 0 Å². The zero-order chi connectivity index (χ0) is 18.1. The van der Waals surface area contributed by atoms with E-state index in [1.807, 2.05) is 34.4 Å². The molecule has 1 atom stereocenters. The van der Waals surface area contributed by atoms with E-state index in [9.17, 15) is 0 Å². The molecule has 1 saturated heterocycles. The molecule has 4 aromatic rings. The Labute approximate surface area is 160 Å². The molecule has 0 amide bonds. The maximum absolute atomic E-state index is 6.01. The lowest BCUT2D eigenvalue weighted by Crippen LogP contribution is -2.38. The van der Waals surface area contributed by atoms with Crippen molar-refractivity contribution in [2.45, 2.75) is 12.6 Å². The second kappa shape index (κ2) is 7.15. The summed E-state index contributed by atoms with van der Waals surface area (Å²) in [6.45, 7) is 3.23. The molecular formula is C19H18N6OS. The summed E-state index contributed by atoms with van der Waals surface area (Å²) in [5.74, 6) is 0. The van der Waals surface area contributed by atoms with Crippen LogP contribution in [-0.4, -0.2) is 49.4 Å². The largest absolute Gasteiger partial charge is 0.369 e. The van der Waals surface area contributed by atoms with Crippen molar-refractivity contribution in [3.8, 4) is 11.1 Å². The lowest BCUT2D eigenvalue weighted by Gasteiger charge is -2.31. The fourth-order valence-corrected chi connectivity index (χ4v) is 4.05. The molecule has 4 aromatic heterocycles. The van der Waals surface area contributed by atoms with Crippen molar-refractivity contribution in [1.29, 1.82) is 0 Å². The number of hydrogen-bond donors (Lipinski definition) is 0. The molecule has 27 heavy (non-hydrogen) atoms. The fourth-order valence-electron chi connectivity index (χ4n) is 3.39. The van der Waals surface area contributed by atoms with E-state index < -0.39 is 0 Å². The van der Waals surface area contributed by atoms with E-state index >= 15 is 0 Å². The van der Waals surface area contributed by atoms with Gasteiger partial charge in [0.1, 0.15) is 16.8 Å². The summed E-state index contributed by atoms with van der Waals surface area (Å²) in [5, 5.41) is 11.9. The van der Waals surface area contributed by atoms with E-state index in [2.05, 4.69) is 37.3 Å². The third-order valence-corrected chi connectivity index (χ3v) is 5.52. The number of morpholine rings is 1. The zero-order valence-electron chi connectivity index (χ0n) is 14.6. The van der Waals surface area contributed by atoms with Crippen molar-refractivity contribution >= 4 is 16.9 Å². The van der Waals surface area contributed by atoms with Crippen LogP contribution in [0.3, 0.4) is 0 Å². The average Bonchev–Trinajstić information content (AvgIpc) is 3.38. The van der Waals surface area contributed by atoms with Gasteiger partial charge in [0, 0.05) is 48.8 Å². The molecule has 0 N–H and O–H groups in total. The Bertz CT molecular complexity index is 1030. The first-order chi connectivity index (χ1) is 13.4. The number of ether oxygens (including phenoxy) is 1. The van der Waals surface area contributed by atoms with Crippen LogP contribution in [0.4, 0.5) is 0 Å². The Morgan fingerprint density at radius 3 is 2.89 bits per heavy atom. The van der Waals surface area contributed by atoms with E-state index in [4.69, 9.17) is 4.74 Å². The van der Waals surface area contributed by atoms with Gasteiger partial charge in [0.15, 0.2) is 0 Å². The van der Waals surface area contributed by atoms with Crippen LogP contribution in [0, 0.1) is 0 Å². The molecule has 0 aromatic carbocycles. The summed E-state index contributed by atoms with van der Waals surface area (Å²) in [6, 6.07) is 8.13. The summed E-state index contributed by atoms with van der Waals surface area (Å²) in [5.41, 5.74) is 4.05. The Kier molecular flexibility index (Phi) is 4.36. The van der Waals surface area contributed by atoms with Gasteiger partial charge >= 0.3 is 0 Å². The van der Waals surface area contributed by atoms with E-state index in [0.717, 1.165) is 47.0 Å². The molecule has 0 saturated carbocycles. The molecule has 1 unspecified atom stereocenters. The van der Waals surface area contributed by atoms with Crippen molar-refractivity contribution in [2.24, 2.45) is 0 Å². The molecule has 0 spiro atoms. The normalized spacial score (nSPS) is 18.1. The van der Waals surface area contributed by atoms with Gasteiger partial charge in [-0.05, 0) is 23.8 Å². The number of rotatable bonds is 4. The van der Waals surface area contributed by atoms with Gasteiger partial charge in [-0.15, -0.1) is 16.4 Å². The van der Waals surface area contributed by atoms with Crippen molar-refractivity contribution in [2.75, 3.05) is 19.7 Å². The third-order valence-electron chi connectivity index (χ3n) is 4.75. The molecule has 5 heterocycles. The highest BCUT2D eigenvalue weighted by atomic mass is 32.1. The summed E-state index contributed by atoms with van der Waals surface area (Å²) in [4.78, 5) is 10.8. The molecule has 0 bridgehead atoms. The van der Waals surface area contributed by atoms with Gasteiger partial charge in [-0.2, -0.15) is 0 Å². The number of hydrogen-bond acceptors (Lipinski definition) is 7. The topological polar surface area (TPSA) is 68.4 Å². The van der Waals surface area contributed by atoms with E-state index in [1.165, 1.54) is 0 Å². The Morgan fingerprint density at radius 2 is 2.04 bits per heavy atom. The predicted molar refractivity (Wildman–Crippen MR) is 102 cm³/mol. The molecule has 7 nitrogen and oxygen atoms in total. The smallest absolute Gasteiger partial charge is 0.121 e. The van der Waals surface area contributed by atoms with Crippen LogP contribution in [0.2, 0.25) is 0 Å². The van der Waals surface area contributed by atoms with Gasteiger partial charge in [0.25, 0.3) is 0 Å². The van der Waals surface area contributed by atoms with Crippen molar-refractivity contribution in [3.05, 3.63) is 65.1 Å². The van der Waals surface area contributed by atoms with Gasteiger partial charge in [0.05, 0.1) is 18.7 Å². The average molecular weight is 378 g/mol. The van der Waals surface area contributed by atoms with E-state index in [1.54, 1.807) is 23.7 Å². The van der Waals surface area contributed by atoms with Crippen LogP contribution in [0.15, 0.2) is 54.4 Å². The second-order valence-electron chi connectivity index (χ2n) is 6.48. The van der Waals surface area contributed by atoms with E-state index in [0.29, 0.717) is 6.61 Å². The molecule has 8 heteroatoms. The van der Waals surface area contributed by atoms with Crippen molar-refractivity contribution in [3.63, 3.8) is 0 Å². The molecule has 5 rings (SSSR count). The number of pyridine rings is 2. The monoisotopic (exact) mass is 378 g/mol. The third kappa shape index (κ3) is 3.34. The molecule has 0 aliphatic carbocycles. The molecule has 1 aliphatic heterocycles. The molecule has 0 radical (unpaired) electrons. The lowest BCUT2D eigenvalue weighted by atomic mass is 10.1. The highest BCUT2D eigenvalue weighted by Gasteiger charge is 2.26. The standard InChI is InChI=1S/C19H18N6OS/c1-2-16-19(17-12-24(8-9-26-17)13-18-21-7-10-27-18)22-23-25(16)11-15(1)14-3-5-20-6-4-14/h1-7,10-11,17H,8-9,12-13H2. The van der Waals surface area contributed by atoms with Gasteiger partial charge in [-0.3, -0.25) is 9.88 Å². The molecule has 1 fully saturated rings. The highest BCUT2D eigenvalue weighted by Crippen LogP contribution is 2.27. The lowest BCUT2D eigenvalue weighted by molar-refractivity contribution is -0.0343. The Morgan fingerprint density at radius 1 is 1.11 bits per heavy atom. The summed E-state index contributed by atoms with van der Waals surface area (Å²) in [6.07, 6.45) is 7.35. The van der Waals surface area contributed by atoms with Crippen LogP contribution in [0.25, 0.3) is 16.6 Å². The van der Waals surface area contributed by atoms with Crippen molar-refractivity contribution < 1.29 is 4.74 Å². The zero-order valence-corrected chi connectivity index (χ0v) is 15.4. The minimum atomic E-state index is -0.0806. The van der Waals surface area contributed by atoms with Crippen LogP contribution in [-0.2, 0) is 11.3 Å². The van der Waals surface area contributed by atoms with Crippen LogP contribution in [0.5, 0.6) is 0 Å². The number of nitrogens with zero attached hydrogens (tertiary/aromatic N) is 6. The number of thiazole rings is 1. The minimum Gasteiger partial charge on any atom is -0.369 e. The van der Waals surface area contributed by atoms with Gasteiger partial charge in [-0.1, -0.05) is 11.3 Å². The summed E-state index contributed by atoms with van der Waals surface area (Å²) in [7, 11) is 0. The van der Waals surface area contributed by atoms with Gasteiger partial charge < -0.3 is 4.74 Å². The predicted octanol–water partition coefficient (Wildman–Crippen LogP) is 2.82. The highest BCUT2D eigenvalue weighted by molar-refractivity contribution is 7.09. The summed E-state index contributed by atoms with van der Waals surface area (Å²) < 4.78 is 7.84. The fraction of sp³-hybridized carbons (Fsp3) is 0.263. The minimum absolute atomic E-state index is 0.0806. The SMILES string of the molecule is c1cc(-c2ccc3c(C4CN(Cc5nccs5)CCO4)nnn3c2)ccn1. The number of fused-ring (bicyclic) bond motifs is 1. The Balaban J connectivity index is 1.39. The second-order valence-corrected chi connectivity index (χ2v) is 7.46.